The Labute approximate surface area is 99.5 Å². The van der Waals surface area contributed by atoms with Gasteiger partial charge in [-0.25, -0.2) is 8.42 Å². The van der Waals surface area contributed by atoms with Crippen LogP contribution in [0.3, 0.4) is 0 Å². The van der Waals surface area contributed by atoms with Gasteiger partial charge in [0.15, 0.2) is 9.84 Å². The topological polar surface area (TPSA) is 91.8 Å². The molecule has 2 rings (SSSR count). The van der Waals surface area contributed by atoms with Gasteiger partial charge in [-0.15, -0.1) is 0 Å². The molecule has 0 radical (unpaired) electrons. The molecule has 96 valence electrons. The number of carboxylic acid groups (broad SMARTS) is 1. The monoisotopic (exact) mass is 261 g/mol. The first kappa shape index (κ1) is 12.3. The molecular formula is C10H15NO5S. The fraction of sp³-hybridized carbons (Fsp3) is 0.800. The SMILES string of the molecule is O=C(O)C1CN(C(=O)CC2CCS(=O)(=O)C2)C1. The van der Waals surface area contributed by atoms with E-state index < -0.39 is 21.7 Å². The van der Waals surface area contributed by atoms with Crippen molar-refractivity contribution in [1.29, 1.82) is 0 Å². The Kier molecular flexibility index (Phi) is 3.11. The van der Waals surface area contributed by atoms with Crippen LogP contribution in [-0.2, 0) is 19.4 Å². The van der Waals surface area contributed by atoms with Gasteiger partial charge in [0.1, 0.15) is 0 Å². The minimum absolute atomic E-state index is 0.0867. The van der Waals surface area contributed by atoms with Crippen molar-refractivity contribution >= 4 is 21.7 Å². The number of likely N-dealkylation sites (tertiary alicyclic amines) is 1. The van der Waals surface area contributed by atoms with E-state index in [0.717, 1.165) is 0 Å². The van der Waals surface area contributed by atoms with Gasteiger partial charge >= 0.3 is 5.97 Å². The molecule has 0 saturated carbocycles. The van der Waals surface area contributed by atoms with Crippen LogP contribution in [0.4, 0.5) is 0 Å². The van der Waals surface area contributed by atoms with Gasteiger partial charge in [0.05, 0.1) is 17.4 Å². The summed E-state index contributed by atoms with van der Waals surface area (Å²) in [6, 6.07) is 0. The fourth-order valence-electron chi connectivity index (χ4n) is 2.25. The molecular weight excluding hydrogens is 246 g/mol. The molecule has 2 aliphatic rings. The highest BCUT2D eigenvalue weighted by Gasteiger charge is 2.37. The molecule has 6 nitrogen and oxygen atoms in total. The lowest BCUT2D eigenvalue weighted by Gasteiger charge is -2.37. The molecule has 0 aromatic heterocycles. The number of amides is 1. The van der Waals surface area contributed by atoms with Crippen LogP contribution in [0.1, 0.15) is 12.8 Å². The quantitative estimate of drug-likeness (QED) is 0.729. The Morgan fingerprint density at radius 3 is 2.41 bits per heavy atom. The first-order valence-electron chi connectivity index (χ1n) is 5.58. The Balaban J connectivity index is 1.78. The van der Waals surface area contributed by atoms with Crippen LogP contribution in [0.5, 0.6) is 0 Å². The summed E-state index contributed by atoms with van der Waals surface area (Å²) in [5.41, 5.74) is 0. The third-order valence-corrected chi connectivity index (χ3v) is 5.21. The van der Waals surface area contributed by atoms with Crippen molar-refractivity contribution in [3.63, 3.8) is 0 Å². The van der Waals surface area contributed by atoms with Gasteiger partial charge in [-0.3, -0.25) is 9.59 Å². The number of nitrogens with zero attached hydrogens (tertiary/aromatic N) is 1. The number of carboxylic acids is 1. The van der Waals surface area contributed by atoms with Gasteiger partial charge in [-0.2, -0.15) is 0 Å². The Morgan fingerprint density at radius 1 is 1.29 bits per heavy atom. The number of aliphatic carboxylic acids is 1. The van der Waals surface area contributed by atoms with Gasteiger partial charge in [0.2, 0.25) is 5.91 Å². The molecule has 0 aromatic rings. The zero-order chi connectivity index (χ0) is 12.6. The molecule has 1 N–H and O–H groups in total. The van der Waals surface area contributed by atoms with Crippen molar-refractivity contribution in [2.75, 3.05) is 24.6 Å². The second-order valence-corrected chi connectivity index (χ2v) is 7.04. The van der Waals surface area contributed by atoms with E-state index in [-0.39, 0.29) is 42.8 Å². The standard InChI is InChI=1S/C10H15NO5S/c12-9(11-4-8(5-11)10(13)14)3-7-1-2-17(15,16)6-7/h7-8H,1-6H2,(H,13,14). The number of carbonyl (C=O) groups is 2. The smallest absolute Gasteiger partial charge is 0.310 e. The molecule has 2 saturated heterocycles. The van der Waals surface area contributed by atoms with Gasteiger partial charge in [0, 0.05) is 19.5 Å². The molecule has 2 fully saturated rings. The molecule has 0 aromatic carbocycles. The van der Waals surface area contributed by atoms with Crippen LogP contribution < -0.4 is 0 Å². The third kappa shape index (κ3) is 2.77. The van der Waals surface area contributed by atoms with E-state index in [4.69, 9.17) is 5.11 Å². The molecule has 1 unspecified atom stereocenters. The lowest BCUT2D eigenvalue weighted by atomic mass is 9.97. The van der Waals surface area contributed by atoms with Crippen LogP contribution in [0.25, 0.3) is 0 Å². The first-order valence-corrected chi connectivity index (χ1v) is 7.40. The van der Waals surface area contributed by atoms with Crippen LogP contribution in [-0.4, -0.2) is 54.9 Å². The number of sulfone groups is 1. The first-order chi connectivity index (χ1) is 7.87. The highest BCUT2D eigenvalue weighted by Crippen LogP contribution is 2.24. The Morgan fingerprint density at radius 2 is 1.94 bits per heavy atom. The second kappa shape index (κ2) is 4.29. The Hall–Kier alpha value is -1.11. The van der Waals surface area contributed by atoms with Gasteiger partial charge in [0.25, 0.3) is 0 Å². The van der Waals surface area contributed by atoms with Crippen molar-refractivity contribution in [3.05, 3.63) is 0 Å². The normalized spacial score (nSPS) is 27.8. The van der Waals surface area contributed by atoms with Crippen molar-refractivity contribution in [3.8, 4) is 0 Å². The maximum Gasteiger partial charge on any atom is 0.310 e. The van der Waals surface area contributed by atoms with Crippen molar-refractivity contribution in [2.24, 2.45) is 11.8 Å². The van der Waals surface area contributed by atoms with Gasteiger partial charge in [-0.05, 0) is 12.3 Å². The summed E-state index contributed by atoms with van der Waals surface area (Å²) in [4.78, 5) is 23.8. The fourth-order valence-corrected chi connectivity index (χ4v) is 4.11. The van der Waals surface area contributed by atoms with E-state index in [9.17, 15) is 18.0 Å². The molecule has 2 heterocycles. The molecule has 0 spiro atoms. The van der Waals surface area contributed by atoms with Crippen LogP contribution in [0.15, 0.2) is 0 Å². The molecule has 17 heavy (non-hydrogen) atoms. The summed E-state index contributed by atoms with van der Waals surface area (Å²) in [7, 11) is -2.94. The lowest BCUT2D eigenvalue weighted by molar-refractivity contribution is -0.153. The summed E-state index contributed by atoms with van der Waals surface area (Å²) < 4.78 is 22.4. The van der Waals surface area contributed by atoms with Crippen LogP contribution >= 0.6 is 0 Å². The highest BCUT2D eigenvalue weighted by molar-refractivity contribution is 7.91. The molecule has 0 bridgehead atoms. The molecule has 7 heteroatoms. The summed E-state index contributed by atoms with van der Waals surface area (Å²) in [5.74, 6) is -1.28. The summed E-state index contributed by atoms with van der Waals surface area (Å²) >= 11 is 0. The lowest BCUT2D eigenvalue weighted by Crippen LogP contribution is -2.53. The van der Waals surface area contributed by atoms with E-state index in [1.165, 1.54) is 4.90 Å². The number of carbonyl (C=O) groups excluding carboxylic acids is 1. The maximum absolute atomic E-state index is 11.7. The van der Waals surface area contributed by atoms with Gasteiger partial charge < -0.3 is 10.0 Å². The third-order valence-electron chi connectivity index (χ3n) is 3.37. The zero-order valence-corrected chi connectivity index (χ0v) is 10.1. The highest BCUT2D eigenvalue weighted by atomic mass is 32.2. The van der Waals surface area contributed by atoms with Crippen molar-refractivity contribution in [2.45, 2.75) is 12.8 Å². The van der Waals surface area contributed by atoms with Crippen molar-refractivity contribution < 1.29 is 23.1 Å². The number of hydrogen-bond acceptors (Lipinski definition) is 4. The number of hydrogen-bond donors (Lipinski definition) is 1. The molecule has 2 aliphatic heterocycles. The molecule has 1 atom stereocenters. The van der Waals surface area contributed by atoms with E-state index in [1.807, 2.05) is 0 Å². The van der Waals surface area contributed by atoms with E-state index in [2.05, 4.69) is 0 Å². The summed E-state index contributed by atoms with van der Waals surface area (Å²) in [5, 5.41) is 8.67. The maximum atomic E-state index is 11.7. The minimum atomic E-state index is -2.94. The van der Waals surface area contributed by atoms with E-state index in [0.29, 0.717) is 6.42 Å². The van der Waals surface area contributed by atoms with Gasteiger partial charge in [-0.1, -0.05) is 0 Å². The van der Waals surface area contributed by atoms with E-state index in [1.54, 1.807) is 0 Å². The van der Waals surface area contributed by atoms with Crippen molar-refractivity contribution in [1.82, 2.24) is 4.90 Å². The summed E-state index contributed by atoms with van der Waals surface area (Å²) in [6.07, 6.45) is 0.774. The largest absolute Gasteiger partial charge is 0.481 e. The van der Waals surface area contributed by atoms with E-state index >= 15 is 0 Å². The summed E-state index contributed by atoms with van der Waals surface area (Å²) in [6.45, 7) is 0.515. The van der Waals surface area contributed by atoms with Crippen LogP contribution in [0, 0.1) is 11.8 Å². The molecule has 0 aliphatic carbocycles. The Bertz CT molecular complexity index is 438. The zero-order valence-electron chi connectivity index (χ0n) is 9.33. The number of rotatable bonds is 3. The predicted octanol–water partition coefficient (Wildman–Crippen LogP) is -0.646. The minimum Gasteiger partial charge on any atom is -0.481 e. The second-order valence-electron chi connectivity index (χ2n) is 4.81. The average Bonchev–Trinajstić information content (AvgIpc) is 2.41. The van der Waals surface area contributed by atoms with Crippen LogP contribution in [0.2, 0.25) is 0 Å². The molecule has 1 amide bonds. The average molecular weight is 261 g/mol. The predicted molar refractivity (Wildman–Crippen MR) is 59.1 cm³/mol.